The average molecular weight is 415 g/mol. The molecule has 0 aliphatic carbocycles. The van der Waals surface area contributed by atoms with Crippen LogP contribution >= 0.6 is 0 Å². The van der Waals surface area contributed by atoms with Crippen LogP contribution < -0.4 is 4.90 Å². The molecule has 2 aliphatic rings. The Hall–Kier alpha value is -2.22. The molecule has 0 bridgehead atoms. The van der Waals surface area contributed by atoms with Crippen LogP contribution in [0.4, 0.5) is 5.69 Å². The molecule has 0 radical (unpaired) electrons. The van der Waals surface area contributed by atoms with Crippen LogP contribution in [0.1, 0.15) is 34.8 Å². The third-order valence-corrected chi connectivity index (χ3v) is 7.51. The van der Waals surface area contributed by atoms with Gasteiger partial charge in [-0.1, -0.05) is 31.2 Å². The van der Waals surface area contributed by atoms with Crippen molar-refractivity contribution in [2.24, 2.45) is 0 Å². The van der Waals surface area contributed by atoms with Gasteiger partial charge in [-0.3, -0.25) is 4.79 Å². The van der Waals surface area contributed by atoms with Crippen LogP contribution in [0.25, 0.3) is 0 Å². The van der Waals surface area contributed by atoms with Crippen LogP contribution in [0.3, 0.4) is 0 Å². The third kappa shape index (κ3) is 3.82. The van der Waals surface area contributed by atoms with Crippen LogP contribution in [-0.4, -0.2) is 51.5 Å². The first-order chi connectivity index (χ1) is 14.0. The lowest BCUT2D eigenvalue weighted by atomic mass is 9.96. The number of amides is 1. The minimum Gasteiger partial charge on any atom is -0.379 e. The Balaban J connectivity index is 1.67. The van der Waals surface area contributed by atoms with Gasteiger partial charge in [0.25, 0.3) is 5.91 Å². The van der Waals surface area contributed by atoms with E-state index in [0.717, 1.165) is 30.5 Å². The highest BCUT2D eigenvalue weighted by Gasteiger charge is 2.29. The van der Waals surface area contributed by atoms with Gasteiger partial charge in [0.15, 0.2) is 0 Å². The smallest absolute Gasteiger partial charge is 0.258 e. The number of rotatable bonds is 4. The molecular formula is C22H26N2O4S. The van der Waals surface area contributed by atoms with Crippen molar-refractivity contribution in [2.45, 2.75) is 31.1 Å². The Bertz CT molecular complexity index is 999. The van der Waals surface area contributed by atoms with Crippen molar-refractivity contribution in [3.05, 3.63) is 59.2 Å². The lowest BCUT2D eigenvalue weighted by Crippen LogP contribution is -2.40. The number of fused-ring (bicyclic) bond motifs is 1. The number of para-hydroxylation sites is 1. The summed E-state index contributed by atoms with van der Waals surface area (Å²) in [5.74, 6) is -0.147. The molecule has 2 heterocycles. The minimum absolute atomic E-state index is 0.147. The number of nitrogens with zero attached hydrogens (tertiary/aromatic N) is 2. The highest BCUT2D eigenvalue weighted by atomic mass is 32.2. The zero-order valence-electron chi connectivity index (χ0n) is 16.6. The number of ether oxygens (including phenoxy) is 1. The summed E-state index contributed by atoms with van der Waals surface area (Å²) in [4.78, 5) is 15.4. The maximum Gasteiger partial charge on any atom is 0.258 e. The van der Waals surface area contributed by atoms with Gasteiger partial charge in [-0.2, -0.15) is 4.31 Å². The topological polar surface area (TPSA) is 66.9 Å². The van der Waals surface area contributed by atoms with Gasteiger partial charge in [-0.15, -0.1) is 0 Å². The summed E-state index contributed by atoms with van der Waals surface area (Å²) in [5.41, 5.74) is 3.72. The van der Waals surface area contributed by atoms with Gasteiger partial charge in [0.2, 0.25) is 10.0 Å². The molecule has 1 fully saturated rings. The van der Waals surface area contributed by atoms with Gasteiger partial charge in [0.05, 0.1) is 23.8 Å². The van der Waals surface area contributed by atoms with E-state index in [4.69, 9.17) is 4.74 Å². The van der Waals surface area contributed by atoms with Gasteiger partial charge < -0.3 is 9.64 Å². The Morgan fingerprint density at radius 3 is 2.59 bits per heavy atom. The van der Waals surface area contributed by atoms with E-state index in [0.29, 0.717) is 38.4 Å². The summed E-state index contributed by atoms with van der Waals surface area (Å²) in [6.45, 7) is 4.18. The Morgan fingerprint density at radius 2 is 1.83 bits per heavy atom. The normalized spacial score (nSPS) is 17.8. The molecule has 0 atom stereocenters. The zero-order valence-corrected chi connectivity index (χ0v) is 17.5. The fraction of sp³-hybridized carbons (Fsp3) is 0.409. The van der Waals surface area contributed by atoms with Crippen molar-refractivity contribution in [3.63, 3.8) is 0 Å². The van der Waals surface area contributed by atoms with Crippen molar-refractivity contribution in [1.29, 1.82) is 0 Å². The number of benzene rings is 2. The fourth-order valence-corrected chi connectivity index (χ4v) is 5.56. The molecule has 6 nitrogen and oxygen atoms in total. The monoisotopic (exact) mass is 414 g/mol. The number of hydrogen-bond acceptors (Lipinski definition) is 4. The predicted octanol–water partition coefficient (Wildman–Crippen LogP) is 2.86. The van der Waals surface area contributed by atoms with E-state index in [1.165, 1.54) is 15.9 Å². The predicted molar refractivity (Wildman–Crippen MR) is 112 cm³/mol. The van der Waals surface area contributed by atoms with E-state index in [2.05, 4.69) is 19.1 Å². The van der Waals surface area contributed by atoms with Gasteiger partial charge in [-0.05, 0) is 48.6 Å². The molecule has 29 heavy (non-hydrogen) atoms. The molecule has 2 aromatic rings. The van der Waals surface area contributed by atoms with E-state index < -0.39 is 10.0 Å². The minimum atomic E-state index is -3.64. The maximum absolute atomic E-state index is 13.4. The number of morpholine rings is 1. The summed E-state index contributed by atoms with van der Waals surface area (Å²) >= 11 is 0. The van der Waals surface area contributed by atoms with E-state index in [1.54, 1.807) is 18.2 Å². The van der Waals surface area contributed by atoms with Crippen LogP contribution in [-0.2, 0) is 27.6 Å². The van der Waals surface area contributed by atoms with Gasteiger partial charge in [0.1, 0.15) is 0 Å². The molecule has 2 aliphatic heterocycles. The zero-order chi connectivity index (χ0) is 20.4. The number of anilines is 1. The summed E-state index contributed by atoms with van der Waals surface area (Å²) < 4.78 is 32.6. The summed E-state index contributed by atoms with van der Waals surface area (Å²) in [5, 5.41) is 0. The first-order valence-corrected chi connectivity index (χ1v) is 11.6. The quantitative estimate of drug-likeness (QED) is 0.772. The van der Waals surface area contributed by atoms with Crippen LogP contribution in [0, 0.1) is 0 Å². The molecule has 1 amide bonds. The summed E-state index contributed by atoms with van der Waals surface area (Å²) in [6.07, 6.45) is 2.70. The first kappa shape index (κ1) is 20.1. The second-order valence-corrected chi connectivity index (χ2v) is 9.32. The molecule has 7 heteroatoms. The second kappa shape index (κ2) is 8.26. The maximum atomic E-state index is 13.4. The number of hydrogen-bond donors (Lipinski definition) is 0. The van der Waals surface area contributed by atoms with Crippen molar-refractivity contribution >= 4 is 21.6 Å². The molecule has 154 valence electrons. The number of sulfonamides is 1. The summed E-state index contributed by atoms with van der Waals surface area (Å²) in [7, 11) is -3.64. The van der Waals surface area contributed by atoms with E-state index in [-0.39, 0.29) is 10.8 Å². The largest absolute Gasteiger partial charge is 0.379 e. The molecular weight excluding hydrogens is 388 g/mol. The van der Waals surface area contributed by atoms with E-state index in [9.17, 15) is 13.2 Å². The number of carbonyl (C=O) groups is 1. The van der Waals surface area contributed by atoms with Gasteiger partial charge in [-0.25, -0.2) is 8.42 Å². The fourth-order valence-electron chi connectivity index (χ4n) is 4.10. The van der Waals surface area contributed by atoms with Gasteiger partial charge >= 0.3 is 0 Å². The lowest BCUT2D eigenvalue weighted by molar-refractivity contribution is 0.0730. The highest BCUT2D eigenvalue weighted by molar-refractivity contribution is 7.89. The van der Waals surface area contributed by atoms with Crippen molar-refractivity contribution in [1.82, 2.24) is 4.31 Å². The van der Waals surface area contributed by atoms with Crippen LogP contribution in [0.5, 0.6) is 0 Å². The lowest BCUT2D eigenvalue weighted by Gasteiger charge is -2.32. The van der Waals surface area contributed by atoms with E-state index >= 15 is 0 Å². The molecule has 0 N–H and O–H groups in total. The SMILES string of the molecule is CCc1cccc2c1N(C(=O)c1cccc(S(=O)(=O)N3CCOCC3)c1)CCC2. The standard InChI is InChI=1S/C22H26N2O4S/c1-2-17-6-3-7-18-9-5-11-24(21(17)18)22(25)19-8-4-10-20(16-19)29(26,27)23-12-14-28-15-13-23/h3-4,6-8,10,16H,2,5,9,11-15H2,1H3. The average Bonchev–Trinajstić information content (AvgIpc) is 2.78. The highest BCUT2D eigenvalue weighted by Crippen LogP contribution is 2.32. The number of carbonyl (C=O) groups excluding carboxylic acids is 1. The Morgan fingerprint density at radius 1 is 1.07 bits per heavy atom. The Kier molecular flexibility index (Phi) is 5.72. The number of aryl methyl sites for hydroxylation is 2. The summed E-state index contributed by atoms with van der Waals surface area (Å²) in [6, 6.07) is 12.6. The molecule has 4 rings (SSSR count). The molecule has 0 saturated carbocycles. The molecule has 0 aromatic heterocycles. The third-order valence-electron chi connectivity index (χ3n) is 5.62. The molecule has 0 spiro atoms. The van der Waals surface area contributed by atoms with Crippen molar-refractivity contribution in [2.75, 3.05) is 37.7 Å². The second-order valence-electron chi connectivity index (χ2n) is 7.38. The van der Waals surface area contributed by atoms with Crippen molar-refractivity contribution < 1.29 is 17.9 Å². The Labute approximate surface area is 172 Å². The molecule has 2 aromatic carbocycles. The first-order valence-electron chi connectivity index (χ1n) is 10.1. The molecule has 1 saturated heterocycles. The van der Waals surface area contributed by atoms with E-state index in [1.807, 2.05) is 11.0 Å². The van der Waals surface area contributed by atoms with Crippen LogP contribution in [0.15, 0.2) is 47.4 Å². The van der Waals surface area contributed by atoms with Crippen LogP contribution in [0.2, 0.25) is 0 Å². The molecule has 0 unspecified atom stereocenters. The van der Waals surface area contributed by atoms with Crippen molar-refractivity contribution in [3.8, 4) is 0 Å². The van der Waals surface area contributed by atoms with Gasteiger partial charge in [0, 0.05) is 25.2 Å².